The first-order chi connectivity index (χ1) is 8.40. The Kier molecular flexibility index (Phi) is 3.08. The maximum atomic E-state index is 11.7. The highest BCUT2D eigenvalue weighted by molar-refractivity contribution is 6.28. The molecule has 1 aliphatic rings. The second-order valence-corrected chi connectivity index (χ2v) is 4.37. The van der Waals surface area contributed by atoms with Crippen molar-refractivity contribution < 1.29 is 9.59 Å². The van der Waals surface area contributed by atoms with Gasteiger partial charge in [0.1, 0.15) is 6.04 Å². The molecule has 0 bridgehead atoms. The molecule has 1 atom stereocenters. The average molecular weight is 270 g/mol. The van der Waals surface area contributed by atoms with Crippen LogP contribution in [0.5, 0.6) is 0 Å². The molecule has 1 aromatic heterocycles. The minimum absolute atomic E-state index is 0.0364. The van der Waals surface area contributed by atoms with Crippen LogP contribution in [0.1, 0.15) is 12.1 Å². The van der Waals surface area contributed by atoms with E-state index < -0.39 is 6.04 Å². The van der Waals surface area contributed by atoms with Gasteiger partial charge >= 0.3 is 0 Å². The summed E-state index contributed by atoms with van der Waals surface area (Å²) < 4.78 is 0. The summed E-state index contributed by atoms with van der Waals surface area (Å²) in [5.41, 5.74) is 6.62. The molecule has 2 amide bonds. The van der Waals surface area contributed by atoms with E-state index in [0.29, 0.717) is 11.4 Å². The van der Waals surface area contributed by atoms with Crippen LogP contribution in [0.25, 0.3) is 0 Å². The van der Waals surface area contributed by atoms with E-state index in [2.05, 4.69) is 15.3 Å². The molecular weight excluding hydrogens is 258 g/mol. The van der Waals surface area contributed by atoms with Gasteiger partial charge in [-0.25, -0.2) is 4.98 Å². The quantitative estimate of drug-likeness (QED) is 0.587. The predicted octanol–water partition coefficient (Wildman–Crippen LogP) is 0.190. The third-order valence-corrected chi connectivity index (χ3v) is 2.97. The molecule has 1 aliphatic heterocycles. The van der Waals surface area contributed by atoms with Gasteiger partial charge in [0.05, 0.1) is 17.8 Å². The van der Waals surface area contributed by atoms with Crippen LogP contribution in [0.2, 0.25) is 5.28 Å². The number of nitrogens with zero attached hydrogens (tertiary/aromatic N) is 3. The number of hydrogen-bond acceptors (Lipinski definition) is 6. The van der Waals surface area contributed by atoms with E-state index in [4.69, 9.17) is 17.3 Å². The summed E-state index contributed by atoms with van der Waals surface area (Å²) in [6, 6.07) is -0.657. The number of aromatic nitrogens is 2. The zero-order valence-corrected chi connectivity index (χ0v) is 10.7. The van der Waals surface area contributed by atoms with E-state index in [1.165, 1.54) is 7.05 Å². The largest absolute Gasteiger partial charge is 0.394 e. The van der Waals surface area contributed by atoms with Crippen molar-refractivity contribution in [1.29, 1.82) is 0 Å². The van der Waals surface area contributed by atoms with Gasteiger partial charge in [-0.05, 0) is 18.5 Å². The summed E-state index contributed by atoms with van der Waals surface area (Å²) in [6.45, 7) is 1.68. The van der Waals surface area contributed by atoms with Gasteiger partial charge in [0.2, 0.25) is 11.2 Å². The molecule has 7 nitrogen and oxygen atoms in total. The monoisotopic (exact) mass is 269 g/mol. The van der Waals surface area contributed by atoms with E-state index in [9.17, 15) is 9.59 Å². The first-order valence-corrected chi connectivity index (χ1v) is 5.64. The Morgan fingerprint density at radius 1 is 1.44 bits per heavy atom. The van der Waals surface area contributed by atoms with Crippen LogP contribution in [0, 0.1) is 6.92 Å². The number of carbonyl (C=O) groups is 2. The van der Waals surface area contributed by atoms with Crippen molar-refractivity contribution in [3.8, 4) is 0 Å². The molecule has 1 unspecified atom stereocenters. The van der Waals surface area contributed by atoms with Gasteiger partial charge in [0, 0.05) is 7.05 Å². The van der Waals surface area contributed by atoms with E-state index in [1.54, 1.807) is 6.92 Å². The number of imide groups is 1. The highest BCUT2D eigenvalue weighted by Gasteiger charge is 2.36. The van der Waals surface area contributed by atoms with Crippen molar-refractivity contribution in [3.05, 3.63) is 11.0 Å². The lowest BCUT2D eigenvalue weighted by Gasteiger charge is -2.14. The number of aryl methyl sites for hydroxylation is 1. The smallest absolute Gasteiger partial charge is 0.251 e. The Labute approximate surface area is 108 Å². The maximum absolute atomic E-state index is 11.7. The van der Waals surface area contributed by atoms with Crippen molar-refractivity contribution in [2.45, 2.75) is 19.4 Å². The summed E-state index contributed by atoms with van der Waals surface area (Å²) in [4.78, 5) is 32.0. The first kappa shape index (κ1) is 12.6. The molecule has 1 aromatic rings. The summed E-state index contributed by atoms with van der Waals surface area (Å²) in [5, 5.41) is 2.87. The minimum atomic E-state index is -0.657. The molecule has 2 rings (SSSR count). The number of nitrogens with one attached hydrogen (secondary N) is 1. The van der Waals surface area contributed by atoms with Crippen molar-refractivity contribution in [2.75, 3.05) is 18.1 Å². The predicted molar refractivity (Wildman–Crippen MR) is 66.0 cm³/mol. The number of nitrogen functional groups attached to an aromatic ring is 1. The lowest BCUT2D eigenvalue weighted by molar-refractivity contribution is -0.136. The molecule has 3 N–H and O–H groups in total. The van der Waals surface area contributed by atoms with E-state index in [0.717, 1.165) is 4.90 Å². The molecule has 0 spiro atoms. The Morgan fingerprint density at radius 2 is 2.11 bits per heavy atom. The highest BCUT2D eigenvalue weighted by Crippen LogP contribution is 2.23. The van der Waals surface area contributed by atoms with Crippen LogP contribution in [-0.2, 0) is 9.59 Å². The normalized spacial score (nSPS) is 19.5. The van der Waals surface area contributed by atoms with Crippen molar-refractivity contribution >= 4 is 34.9 Å². The van der Waals surface area contributed by atoms with E-state index >= 15 is 0 Å². The van der Waals surface area contributed by atoms with Crippen LogP contribution in [0.3, 0.4) is 0 Å². The highest BCUT2D eigenvalue weighted by atomic mass is 35.5. The molecule has 1 fully saturated rings. The molecule has 96 valence electrons. The van der Waals surface area contributed by atoms with E-state index in [-0.39, 0.29) is 29.3 Å². The van der Waals surface area contributed by atoms with Crippen molar-refractivity contribution in [1.82, 2.24) is 14.9 Å². The second kappa shape index (κ2) is 4.41. The molecule has 0 aromatic carbocycles. The second-order valence-electron chi connectivity index (χ2n) is 4.03. The number of nitrogens with two attached hydrogens (primary N) is 1. The third kappa shape index (κ3) is 2.08. The number of carbonyl (C=O) groups excluding carboxylic acids is 2. The summed E-state index contributed by atoms with van der Waals surface area (Å²) in [5.74, 6) is -0.284. The van der Waals surface area contributed by atoms with Crippen molar-refractivity contribution in [2.24, 2.45) is 0 Å². The average Bonchev–Trinajstić information content (AvgIpc) is 2.53. The Bertz CT molecular complexity index is 533. The summed E-state index contributed by atoms with van der Waals surface area (Å²) >= 11 is 5.72. The van der Waals surface area contributed by atoms with Crippen LogP contribution >= 0.6 is 11.6 Å². The number of rotatable bonds is 2. The SMILES string of the molecule is Cc1nc(Cl)nc(NC2CC(=O)N(C)C2=O)c1N. The van der Waals surface area contributed by atoms with Gasteiger partial charge < -0.3 is 11.1 Å². The van der Waals surface area contributed by atoms with Crippen LogP contribution in [0.4, 0.5) is 11.5 Å². The van der Waals surface area contributed by atoms with Gasteiger partial charge in [0.25, 0.3) is 5.91 Å². The molecule has 0 radical (unpaired) electrons. The Balaban J connectivity index is 2.25. The van der Waals surface area contributed by atoms with Gasteiger partial charge in [0.15, 0.2) is 5.82 Å². The van der Waals surface area contributed by atoms with Crippen LogP contribution in [-0.4, -0.2) is 39.8 Å². The summed E-state index contributed by atoms with van der Waals surface area (Å²) in [7, 11) is 1.44. The number of likely N-dealkylation sites (N-methyl/N-ethyl adjacent to an activating group) is 1. The number of amides is 2. The fourth-order valence-electron chi connectivity index (χ4n) is 1.69. The molecule has 0 aliphatic carbocycles. The standard InChI is InChI=1S/C10H12ClN5O2/c1-4-7(12)8(15-10(11)13-4)14-5-3-6(17)16(2)9(5)18/h5H,3,12H2,1-2H3,(H,13,14,15). The minimum Gasteiger partial charge on any atom is -0.394 e. The molecule has 1 saturated heterocycles. The lowest BCUT2D eigenvalue weighted by atomic mass is 10.2. The van der Waals surface area contributed by atoms with Gasteiger partial charge in [-0.2, -0.15) is 4.98 Å². The molecular formula is C10H12ClN5O2. The topological polar surface area (TPSA) is 101 Å². The first-order valence-electron chi connectivity index (χ1n) is 5.26. The fourth-order valence-corrected chi connectivity index (χ4v) is 1.90. The van der Waals surface area contributed by atoms with Crippen LogP contribution < -0.4 is 11.1 Å². The maximum Gasteiger partial charge on any atom is 0.251 e. The Hall–Kier alpha value is -1.89. The molecule has 18 heavy (non-hydrogen) atoms. The van der Waals surface area contributed by atoms with Crippen molar-refractivity contribution in [3.63, 3.8) is 0 Å². The van der Waals surface area contributed by atoms with Crippen LogP contribution in [0.15, 0.2) is 0 Å². The lowest BCUT2D eigenvalue weighted by Crippen LogP contribution is -2.32. The van der Waals surface area contributed by atoms with Gasteiger partial charge in [-0.15, -0.1) is 0 Å². The van der Waals surface area contributed by atoms with Gasteiger partial charge in [-0.1, -0.05) is 0 Å². The zero-order chi connectivity index (χ0) is 13.4. The fraction of sp³-hybridized carbons (Fsp3) is 0.400. The number of halogens is 1. The number of hydrogen-bond donors (Lipinski definition) is 2. The molecule has 2 heterocycles. The molecule has 0 saturated carbocycles. The number of anilines is 2. The zero-order valence-electron chi connectivity index (χ0n) is 9.90. The number of likely N-dealkylation sites (tertiary alicyclic amines) is 1. The Morgan fingerprint density at radius 3 is 2.67 bits per heavy atom. The summed E-state index contributed by atoms with van der Waals surface area (Å²) in [6.07, 6.45) is 0.0788. The molecule has 8 heteroatoms. The van der Waals surface area contributed by atoms with E-state index in [1.807, 2.05) is 0 Å². The third-order valence-electron chi connectivity index (χ3n) is 2.80. The van der Waals surface area contributed by atoms with Gasteiger partial charge in [-0.3, -0.25) is 14.5 Å².